The van der Waals surface area contributed by atoms with E-state index in [4.69, 9.17) is 0 Å². The molecule has 0 atom stereocenters. The Labute approximate surface area is 103 Å². The SMILES string of the molecule is [CH3-].[CH3-].[W+2].[Y].[c-]1ccc[c-]n1. The van der Waals surface area contributed by atoms with Crippen LogP contribution in [-0.2, 0) is 53.8 Å². The van der Waals surface area contributed by atoms with Crippen LogP contribution in [0.3, 0.4) is 0 Å². The van der Waals surface area contributed by atoms with E-state index in [1.165, 1.54) is 0 Å². The molecule has 0 saturated carbocycles. The molecule has 0 N–H and O–H groups in total. The predicted octanol–water partition coefficient (Wildman–Crippen LogP) is 1.58. The third kappa shape index (κ3) is 11.7. The Morgan fingerprint density at radius 3 is 1.50 bits per heavy atom. The van der Waals surface area contributed by atoms with Gasteiger partial charge < -0.3 is 19.8 Å². The Balaban J connectivity index is -0.0000000450. The van der Waals surface area contributed by atoms with E-state index in [1.54, 1.807) is 12.1 Å². The predicted molar refractivity (Wildman–Crippen MR) is 34.7 cm³/mol. The fraction of sp³-hybridized carbons (Fsp3) is 0. The van der Waals surface area contributed by atoms with Gasteiger partial charge >= 0.3 is 21.1 Å². The van der Waals surface area contributed by atoms with Gasteiger partial charge in [0.15, 0.2) is 0 Å². The van der Waals surface area contributed by atoms with Crippen molar-refractivity contribution in [1.82, 2.24) is 4.98 Å². The monoisotopic (exact) mass is 380 g/mol. The van der Waals surface area contributed by atoms with Crippen LogP contribution < -0.4 is 0 Å². The number of hydrogen-bond acceptors (Lipinski definition) is 1. The van der Waals surface area contributed by atoms with Gasteiger partial charge in [0, 0.05) is 32.7 Å². The zero-order valence-corrected chi connectivity index (χ0v) is 11.9. The van der Waals surface area contributed by atoms with Crippen molar-refractivity contribution in [1.29, 1.82) is 0 Å². The molecule has 1 radical (unpaired) electrons. The Kier molecular flexibility index (Phi) is 37.0. The molecule has 0 aromatic carbocycles. The largest absolute Gasteiger partial charge is 2.00 e. The fourth-order valence-corrected chi connectivity index (χ4v) is 0.246. The van der Waals surface area contributed by atoms with Crippen molar-refractivity contribution < 1.29 is 53.8 Å². The zero-order valence-electron chi connectivity index (χ0n) is 6.16. The maximum absolute atomic E-state index is 3.53. The molecule has 53 valence electrons. The molecule has 1 aromatic heterocycles. The maximum Gasteiger partial charge on any atom is 2.00 e. The van der Waals surface area contributed by atoms with Gasteiger partial charge in [-0.2, -0.15) is 0 Å². The molecule has 0 amide bonds. The molecule has 0 unspecified atom stereocenters. The number of pyridine rings is 1. The van der Waals surface area contributed by atoms with Gasteiger partial charge in [0.25, 0.3) is 0 Å². The van der Waals surface area contributed by atoms with Crippen molar-refractivity contribution in [2.45, 2.75) is 0 Å². The Morgan fingerprint density at radius 1 is 1.00 bits per heavy atom. The average Bonchev–Trinajstić information content (AvgIpc) is 1.72. The minimum Gasteiger partial charge on any atom is -0.543 e. The second-order valence-corrected chi connectivity index (χ2v) is 0.896. The van der Waals surface area contributed by atoms with Crippen molar-refractivity contribution in [3.05, 3.63) is 45.4 Å². The van der Waals surface area contributed by atoms with Gasteiger partial charge in [-0.1, -0.05) is 0 Å². The summed E-state index contributed by atoms with van der Waals surface area (Å²) in [5.41, 5.74) is 0. The molecule has 3 heteroatoms. The summed E-state index contributed by atoms with van der Waals surface area (Å²) in [7, 11) is 0. The molecule has 1 aromatic rings. The van der Waals surface area contributed by atoms with E-state index in [1.807, 2.05) is 6.07 Å². The summed E-state index contributed by atoms with van der Waals surface area (Å²) in [5.74, 6) is 0. The summed E-state index contributed by atoms with van der Waals surface area (Å²) in [6, 6.07) is 5.29. The van der Waals surface area contributed by atoms with Gasteiger partial charge in [0.1, 0.15) is 0 Å². The van der Waals surface area contributed by atoms with E-state index in [0.29, 0.717) is 0 Å². The molecule has 1 heterocycles. The molecule has 0 bridgehead atoms. The molecule has 0 aliphatic carbocycles. The second kappa shape index (κ2) is 16.5. The van der Waals surface area contributed by atoms with Crippen LogP contribution in [0.15, 0.2) is 18.2 Å². The van der Waals surface area contributed by atoms with Crippen molar-refractivity contribution in [2.24, 2.45) is 0 Å². The third-order valence-electron chi connectivity index (χ3n) is 0.471. The van der Waals surface area contributed by atoms with E-state index in [-0.39, 0.29) is 68.6 Å². The molecule has 0 spiro atoms. The first-order valence-electron chi connectivity index (χ1n) is 1.69. The van der Waals surface area contributed by atoms with E-state index >= 15 is 0 Å². The number of nitrogens with zero attached hydrogens (tertiary/aromatic N) is 1. The van der Waals surface area contributed by atoms with Crippen molar-refractivity contribution in [2.75, 3.05) is 0 Å². The van der Waals surface area contributed by atoms with Crippen LogP contribution in [-0.4, -0.2) is 4.98 Å². The van der Waals surface area contributed by atoms with Crippen LogP contribution in [0.5, 0.6) is 0 Å². The van der Waals surface area contributed by atoms with Crippen LogP contribution in [0.4, 0.5) is 0 Å². The average molecular weight is 380 g/mol. The minimum atomic E-state index is 0. The molecule has 0 fully saturated rings. The summed E-state index contributed by atoms with van der Waals surface area (Å²) in [4.78, 5) is 3.53. The van der Waals surface area contributed by atoms with Gasteiger partial charge in [0.2, 0.25) is 0 Å². The fourth-order valence-electron chi connectivity index (χ4n) is 0.246. The summed E-state index contributed by atoms with van der Waals surface area (Å²) in [6.45, 7) is 0. The molecule has 10 heavy (non-hydrogen) atoms. The van der Waals surface area contributed by atoms with E-state index in [0.717, 1.165) is 0 Å². The topological polar surface area (TPSA) is 12.9 Å². The first kappa shape index (κ1) is 22.4. The first-order chi connectivity index (χ1) is 3.00. The molecular formula is C7H9NWY-2. The van der Waals surface area contributed by atoms with Crippen molar-refractivity contribution in [3.8, 4) is 0 Å². The van der Waals surface area contributed by atoms with E-state index in [9.17, 15) is 0 Å². The van der Waals surface area contributed by atoms with Gasteiger partial charge in [-0.15, -0.1) is 0 Å². The normalized spacial score (nSPS) is 4.80. The van der Waals surface area contributed by atoms with Gasteiger partial charge in [0.05, 0.1) is 0 Å². The van der Waals surface area contributed by atoms with Crippen LogP contribution in [0, 0.1) is 27.2 Å². The molecule has 0 saturated heterocycles. The summed E-state index contributed by atoms with van der Waals surface area (Å²) < 4.78 is 0. The van der Waals surface area contributed by atoms with Gasteiger partial charge in [-0.25, -0.2) is 0 Å². The number of hydrogen-bond donors (Lipinski definition) is 0. The summed E-state index contributed by atoms with van der Waals surface area (Å²) >= 11 is 0. The molecule has 0 aliphatic heterocycles. The van der Waals surface area contributed by atoms with Gasteiger partial charge in [-0.05, 0) is 0 Å². The number of aromatic nitrogens is 1. The smallest absolute Gasteiger partial charge is 0.543 e. The Morgan fingerprint density at radius 2 is 1.40 bits per heavy atom. The molecule has 0 aliphatic rings. The zero-order chi connectivity index (χ0) is 4.24. The third-order valence-corrected chi connectivity index (χ3v) is 0.471. The summed E-state index contributed by atoms with van der Waals surface area (Å²) in [5, 5.41) is 0. The standard InChI is InChI=1S/C5H3N.2CH3.W.Y/c1-2-4-6-5-3-1;;;;/h1-3H;2*1H3;;/q-2;2*-1;+2;. The van der Waals surface area contributed by atoms with E-state index < -0.39 is 0 Å². The van der Waals surface area contributed by atoms with Crippen LogP contribution in [0.1, 0.15) is 0 Å². The maximum atomic E-state index is 3.53. The van der Waals surface area contributed by atoms with Crippen LogP contribution in [0.2, 0.25) is 0 Å². The minimum absolute atomic E-state index is 0. The molecule has 1 rings (SSSR count). The van der Waals surface area contributed by atoms with Crippen molar-refractivity contribution in [3.63, 3.8) is 0 Å². The van der Waals surface area contributed by atoms with Crippen molar-refractivity contribution >= 4 is 0 Å². The van der Waals surface area contributed by atoms with Crippen LogP contribution in [0.25, 0.3) is 0 Å². The molecular weight excluding hydrogens is 371 g/mol. The number of rotatable bonds is 0. The second-order valence-electron chi connectivity index (χ2n) is 0.896. The molecule has 1 nitrogen and oxygen atoms in total. The van der Waals surface area contributed by atoms with E-state index in [2.05, 4.69) is 17.4 Å². The summed E-state index contributed by atoms with van der Waals surface area (Å²) in [6.07, 6.45) is 5.17. The quantitative estimate of drug-likeness (QED) is 0.624. The van der Waals surface area contributed by atoms with Gasteiger partial charge in [-0.3, -0.25) is 30.6 Å². The first-order valence-corrected chi connectivity index (χ1v) is 1.69. The van der Waals surface area contributed by atoms with Crippen LogP contribution >= 0.6 is 0 Å². The Bertz CT molecular complexity index is 85.5. The Hall–Kier alpha value is 0.942.